The van der Waals surface area contributed by atoms with Crippen molar-refractivity contribution in [1.29, 1.82) is 0 Å². The summed E-state index contributed by atoms with van der Waals surface area (Å²) in [5.41, 5.74) is 9.97. The zero-order chi connectivity index (χ0) is 13.7. The highest BCUT2D eigenvalue weighted by molar-refractivity contribution is 5.81. The first kappa shape index (κ1) is 11.7. The number of aromatic nitrogens is 4. The van der Waals surface area contributed by atoms with E-state index < -0.39 is 0 Å². The van der Waals surface area contributed by atoms with E-state index in [9.17, 15) is 0 Å². The first-order valence-corrected chi connectivity index (χ1v) is 6.97. The predicted molar refractivity (Wildman–Crippen MR) is 78.1 cm³/mol. The van der Waals surface area contributed by atoms with Crippen LogP contribution in [-0.2, 0) is 13.6 Å². The summed E-state index contributed by atoms with van der Waals surface area (Å²) in [7, 11) is 1.93. The molecule has 0 spiro atoms. The third-order valence-electron chi connectivity index (χ3n) is 3.84. The Morgan fingerprint density at radius 3 is 2.80 bits per heavy atom. The molecule has 0 bridgehead atoms. The lowest BCUT2D eigenvalue weighted by molar-refractivity contribution is 0.747. The number of benzene rings is 1. The van der Waals surface area contributed by atoms with Crippen molar-refractivity contribution < 1.29 is 0 Å². The van der Waals surface area contributed by atoms with E-state index in [1.165, 1.54) is 18.4 Å². The second kappa shape index (κ2) is 4.18. The number of fused-ring (bicyclic) bond motifs is 1. The van der Waals surface area contributed by atoms with Crippen LogP contribution in [0.3, 0.4) is 0 Å². The molecule has 4 rings (SSSR count). The highest BCUT2D eigenvalue weighted by atomic mass is 15.3. The molecule has 0 atom stereocenters. The Balaban J connectivity index is 1.96. The number of hydrogen-bond acceptors (Lipinski definition) is 3. The van der Waals surface area contributed by atoms with E-state index >= 15 is 0 Å². The molecule has 20 heavy (non-hydrogen) atoms. The van der Waals surface area contributed by atoms with Gasteiger partial charge in [0.1, 0.15) is 5.69 Å². The molecule has 1 aliphatic rings. The molecule has 2 heterocycles. The molecular weight excluding hydrogens is 250 g/mol. The van der Waals surface area contributed by atoms with Crippen LogP contribution >= 0.6 is 0 Å². The lowest BCUT2D eigenvalue weighted by Crippen LogP contribution is -1.99. The van der Waals surface area contributed by atoms with Gasteiger partial charge in [-0.3, -0.25) is 4.68 Å². The maximum Gasteiger partial charge on any atom is 0.161 e. The molecule has 102 valence electrons. The van der Waals surface area contributed by atoms with Crippen molar-refractivity contribution in [2.24, 2.45) is 12.8 Å². The Morgan fingerprint density at radius 2 is 2.15 bits per heavy atom. The highest BCUT2D eigenvalue weighted by Gasteiger charge is 2.29. The maximum absolute atomic E-state index is 5.72. The van der Waals surface area contributed by atoms with Crippen LogP contribution in [0.4, 0.5) is 0 Å². The van der Waals surface area contributed by atoms with Crippen molar-refractivity contribution in [3.05, 3.63) is 36.0 Å². The molecule has 5 heteroatoms. The lowest BCUT2D eigenvalue weighted by Gasteiger charge is -2.05. The third kappa shape index (κ3) is 1.74. The SMILES string of the molecule is Cn1ccc(-c2nc3cc(CN)ccc3n2C2CC2)n1. The monoisotopic (exact) mass is 267 g/mol. The van der Waals surface area contributed by atoms with Gasteiger partial charge in [0.2, 0.25) is 0 Å². The van der Waals surface area contributed by atoms with E-state index in [0.717, 1.165) is 22.6 Å². The van der Waals surface area contributed by atoms with Gasteiger partial charge >= 0.3 is 0 Å². The van der Waals surface area contributed by atoms with Crippen LogP contribution in [0.5, 0.6) is 0 Å². The molecule has 1 aliphatic carbocycles. The number of hydrogen-bond donors (Lipinski definition) is 1. The van der Waals surface area contributed by atoms with Gasteiger partial charge in [-0.1, -0.05) is 6.07 Å². The van der Waals surface area contributed by atoms with E-state index in [0.29, 0.717) is 12.6 Å². The molecule has 0 radical (unpaired) electrons. The van der Waals surface area contributed by atoms with Crippen LogP contribution in [0.15, 0.2) is 30.5 Å². The summed E-state index contributed by atoms with van der Waals surface area (Å²) >= 11 is 0. The zero-order valence-electron chi connectivity index (χ0n) is 11.5. The molecule has 1 saturated carbocycles. The molecule has 3 aromatic rings. The molecule has 1 fully saturated rings. The number of nitrogens with two attached hydrogens (primary N) is 1. The Bertz CT molecular complexity index is 779. The normalized spacial score (nSPS) is 15.1. The Morgan fingerprint density at radius 1 is 1.30 bits per heavy atom. The van der Waals surface area contributed by atoms with Crippen molar-refractivity contribution in [3.8, 4) is 11.5 Å². The number of aryl methyl sites for hydroxylation is 1. The van der Waals surface area contributed by atoms with E-state index in [-0.39, 0.29) is 0 Å². The van der Waals surface area contributed by atoms with Gasteiger partial charge in [0.15, 0.2) is 5.82 Å². The molecule has 2 aromatic heterocycles. The van der Waals surface area contributed by atoms with E-state index in [4.69, 9.17) is 10.7 Å². The molecule has 1 aromatic carbocycles. The van der Waals surface area contributed by atoms with Crippen molar-refractivity contribution in [2.75, 3.05) is 0 Å². The van der Waals surface area contributed by atoms with Gasteiger partial charge in [-0.15, -0.1) is 0 Å². The number of imidazole rings is 1. The second-order valence-corrected chi connectivity index (χ2v) is 5.44. The van der Waals surface area contributed by atoms with E-state index in [1.54, 1.807) is 0 Å². The standard InChI is InChI=1S/C15H17N5/c1-19-7-6-12(18-19)15-17-13-8-10(9-16)2-5-14(13)20(15)11-3-4-11/h2,5-8,11H,3-4,9,16H2,1H3. The van der Waals surface area contributed by atoms with Gasteiger partial charge in [-0.2, -0.15) is 5.10 Å². The van der Waals surface area contributed by atoms with Crippen LogP contribution in [-0.4, -0.2) is 19.3 Å². The van der Waals surface area contributed by atoms with Crippen LogP contribution in [0.1, 0.15) is 24.4 Å². The molecule has 0 saturated heterocycles. The van der Waals surface area contributed by atoms with E-state index in [2.05, 4.69) is 27.9 Å². The van der Waals surface area contributed by atoms with Gasteiger partial charge < -0.3 is 10.3 Å². The fourth-order valence-electron chi connectivity index (χ4n) is 2.69. The fraction of sp³-hybridized carbons (Fsp3) is 0.333. The molecule has 0 aliphatic heterocycles. The van der Waals surface area contributed by atoms with Gasteiger partial charge in [-0.25, -0.2) is 4.98 Å². The highest BCUT2D eigenvalue weighted by Crippen LogP contribution is 2.41. The van der Waals surface area contributed by atoms with Crippen molar-refractivity contribution in [3.63, 3.8) is 0 Å². The van der Waals surface area contributed by atoms with Crippen LogP contribution in [0.2, 0.25) is 0 Å². The van der Waals surface area contributed by atoms with Crippen LogP contribution < -0.4 is 5.73 Å². The summed E-state index contributed by atoms with van der Waals surface area (Å²) < 4.78 is 4.15. The van der Waals surface area contributed by atoms with Crippen molar-refractivity contribution in [1.82, 2.24) is 19.3 Å². The smallest absolute Gasteiger partial charge is 0.161 e. The van der Waals surface area contributed by atoms with Crippen LogP contribution in [0.25, 0.3) is 22.6 Å². The summed E-state index contributed by atoms with van der Waals surface area (Å²) in [5, 5.41) is 4.50. The Kier molecular flexibility index (Phi) is 2.44. The Labute approximate surface area is 117 Å². The largest absolute Gasteiger partial charge is 0.326 e. The molecule has 5 nitrogen and oxygen atoms in total. The quantitative estimate of drug-likeness (QED) is 0.791. The van der Waals surface area contributed by atoms with Crippen LogP contribution in [0, 0.1) is 0 Å². The first-order chi connectivity index (χ1) is 9.76. The average molecular weight is 267 g/mol. The van der Waals surface area contributed by atoms with Crippen molar-refractivity contribution >= 4 is 11.0 Å². The van der Waals surface area contributed by atoms with Gasteiger partial charge in [0.25, 0.3) is 0 Å². The minimum Gasteiger partial charge on any atom is -0.326 e. The molecule has 0 amide bonds. The molecular formula is C15H17N5. The predicted octanol–water partition coefficient (Wildman–Crippen LogP) is 2.23. The summed E-state index contributed by atoms with van der Waals surface area (Å²) in [4.78, 5) is 4.80. The third-order valence-corrected chi connectivity index (χ3v) is 3.84. The minimum absolute atomic E-state index is 0.547. The lowest BCUT2D eigenvalue weighted by atomic mass is 10.2. The summed E-state index contributed by atoms with van der Waals surface area (Å²) in [5.74, 6) is 0.970. The summed E-state index contributed by atoms with van der Waals surface area (Å²) in [6, 6.07) is 8.89. The van der Waals surface area contributed by atoms with Gasteiger partial charge in [0, 0.05) is 25.8 Å². The topological polar surface area (TPSA) is 61.7 Å². The van der Waals surface area contributed by atoms with Gasteiger partial charge in [0.05, 0.1) is 11.0 Å². The fourth-order valence-corrected chi connectivity index (χ4v) is 2.69. The second-order valence-electron chi connectivity index (χ2n) is 5.44. The zero-order valence-corrected chi connectivity index (χ0v) is 11.5. The van der Waals surface area contributed by atoms with E-state index in [1.807, 2.05) is 24.0 Å². The molecule has 2 N–H and O–H groups in total. The van der Waals surface area contributed by atoms with Gasteiger partial charge in [-0.05, 0) is 36.6 Å². The number of rotatable bonds is 3. The maximum atomic E-state index is 5.72. The summed E-state index contributed by atoms with van der Waals surface area (Å²) in [6.45, 7) is 0.547. The molecule has 0 unspecified atom stereocenters. The number of nitrogens with zero attached hydrogens (tertiary/aromatic N) is 4. The van der Waals surface area contributed by atoms with Crippen molar-refractivity contribution in [2.45, 2.75) is 25.4 Å². The first-order valence-electron chi connectivity index (χ1n) is 6.97. The Hall–Kier alpha value is -2.14. The average Bonchev–Trinajstić information content (AvgIpc) is 3.09. The minimum atomic E-state index is 0.547. The summed E-state index contributed by atoms with van der Waals surface area (Å²) in [6.07, 6.45) is 4.41.